The average Bonchev–Trinajstić information content (AvgIpc) is 2.54. The fourth-order valence-electron chi connectivity index (χ4n) is 3.73. The first-order valence-corrected chi connectivity index (χ1v) is 10.5. The van der Waals surface area contributed by atoms with Crippen LogP contribution in [0.3, 0.4) is 0 Å². The van der Waals surface area contributed by atoms with Crippen molar-refractivity contribution in [3.8, 4) is 0 Å². The van der Waals surface area contributed by atoms with E-state index < -0.39 is 0 Å². The van der Waals surface area contributed by atoms with Crippen LogP contribution >= 0.6 is 0 Å². The smallest absolute Gasteiger partial charge is 0.0392 e. The van der Waals surface area contributed by atoms with Gasteiger partial charge < -0.3 is 10.5 Å². The van der Waals surface area contributed by atoms with E-state index in [4.69, 9.17) is 0 Å². The largest absolute Gasteiger partial charge is 0.314 e. The summed E-state index contributed by atoms with van der Waals surface area (Å²) >= 11 is 0. The summed E-state index contributed by atoms with van der Waals surface area (Å²) in [6.45, 7) is 6.22. The van der Waals surface area contributed by atoms with Crippen molar-refractivity contribution in [3.05, 3.63) is 0 Å². The predicted molar refractivity (Wildman–Crippen MR) is 100 cm³/mol. The second kappa shape index (κ2) is 14.2. The minimum atomic E-state index is 0.491. The Morgan fingerprint density at radius 2 is 1.48 bits per heavy atom. The van der Waals surface area contributed by atoms with Gasteiger partial charge in [0, 0.05) is 25.2 Å². The molecule has 0 amide bonds. The van der Waals surface area contributed by atoms with E-state index in [1.807, 2.05) is 0 Å². The molecular formula is C20H42N2O. The second-order valence-corrected chi connectivity index (χ2v) is 7.52. The minimum Gasteiger partial charge on any atom is -0.314 e. The standard InChI is InChI=1S/C20H42N2O/c1-3-5-7-9-11-14-19(15-12-10-8-6-4-2)21-20-16-13-17-22(23)18-20/h19-21,23H,3-18H2,1-2H3. The molecule has 138 valence electrons. The number of rotatable bonds is 14. The molecule has 1 fully saturated rings. The summed E-state index contributed by atoms with van der Waals surface area (Å²) in [5, 5.41) is 15.1. The van der Waals surface area contributed by atoms with Crippen LogP contribution in [-0.2, 0) is 0 Å². The number of nitrogens with one attached hydrogen (secondary N) is 1. The highest BCUT2D eigenvalue weighted by molar-refractivity contribution is 4.79. The zero-order valence-corrected chi connectivity index (χ0v) is 15.9. The molecule has 0 aromatic heterocycles. The average molecular weight is 327 g/mol. The lowest BCUT2D eigenvalue weighted by atomic mass is 9.98. The van der Waals surface area contributed by atoms with Crippen molar-refractivity contribution in [2.24, 2.45) is 0 Å². The Morgan fingerprint density at radius 3 is 2.00 bits per heavy atom. The molecule has 0 aliphatic carbocycles. The van der Waals surface area contributed by atoms with Crippen LogP contribution < -0.4 is 5.32 Å². The lowest BCUT2D eigenvalue weighted by molar-refractivity contribution is -0.111. The van der Waals surface area contributed by atoms with Gasteiger partial charge in [0.25, 0.3) is 0 Å². The van der Waals surface area contributed by atoms with E-state index in [2.05, 4.69) is 19.2 Å². The van der Waals surface area contributed by atoms with Gasteiger partial charge >= 0.3 is 0 Å². The van der Waals surface area contributed by atoms with Crippen molar-refractivity contribution in [2.75, 3.05) is 13.1 Å². The van der Waals surface area contributed by atoms with E-state index in [0.29, 0.717) is 12.1 Å². The molecule has 1 aliphatic rings. The predicted octanol–water partition coefficient (Wildman–Crippen LogP) is 5.52. The summed E-state index contributed by atoms with van der Waals surface area (Å²) in [5.74, 6) is 0. The first-order valence-electron chi connectivity index (χ1n) is 10.5. The van der Waals surface area contributed by atoms with Gasteiger partial charge in [0.2, 0.25) is 0 Å². The van der Waals surface area contributed by atoms with Crippen LogP contribution in [0.15, 0.2) is 0 Å². The third-order valence-electron chi connectivity index (χ3n) is 5.18. The fourth-order valence-corrected chi connectivity index (χ4v) is 3.73. The van der Waals surface area contributed by atoms with Gasteiger partial charge in [-0.05, 0) is 25.7 Å². The Balaban J connectivity index is 2.25. The molecule has 0 saturated carbocycles. The van der Waals surface area contributed by atoms with Crippen LogP contribution in [0.1, 0.15) is 104 Å². The van der Waals surface area contributed by atoms with Gasteiger partial charge in [0.05, 0.1) is 0 Å². The topological polar surface area (TPSA) is 35.5 Å². The summed E-state index contributed by atoms with van der Waals surface area (Å²) < 4.78 is 0. The second-order valence-electron chi connectivity index (χ2n) is 7.52. The lowest BCUT2D eigenvalue weighted by Crippen LogP contribution is -2.48. The molecule has 1 unspecified atom stereocenters. The van der Waals surface area contributed by atoms with E-state index in [-0.39, 0.29) is 0 Å². The van der Waals surface area contributed by atoms with Gasteiger partial charge in [-0.25, -0.2) is 0 Å². The molecule has 0 bridgehead atoms. The normalized spacial score (nSPS) is 19.6. The summed E-state index contributed by atoms with van der Waals surface area (Å²) in [7, 11) is 0. The van der Waals surface area contributed by atoms with E-state index in [9.17, 15) is 5.21 Å². The molecule has 0 aromatic rings. The fraction of sp³-hybridized carbons (Fsp3) is 1.00. The van der Waals surface area contributed by atoms with Crippen LogP contribution in [0.25, 0.3) is 0 Å². The van der Waals surface area contributed by atoms with Gasteiger partial charge in [0.15, 0.2) is 0 Å². The molecule has 1 rings (SSSR count). The van der Waals surface area contributed by atoms with Crippen molar-refractivity contribution >= 4 is 0 Å². The maximum atomic E-state index is 9.73. The Hall–Kier alpha value is -0.120. The molecule has 2 N–H and O–H groups in total. The zero-order chi connectivity index (χ0) is 16.8. The molecule has 1 atom stereocenters. The van der Waals surface area contributed by atoms with E-state index in [0.717, 1.165) is 19.5 Å². The van der Waals surface area contributed by atoms with Gasteiger partial charge in [0.1, 0.15) is 0 Å². The monoisotopic (exact) mass is 326 g/mol. The molecular weight excluding hydrogens is 284 g/mol. The van der Waals surface area contributed by atoms with Crippen molar-refractivity contribution in [3.63, 3.8) is 0 Å². The lowest BCUT2D eigenvalue weighted by Gasteiger charge is -2.32. The summed E-state index contributed by atoms with van der Waals surface area (Å²) in [6, 6.07) is 1.15. The number of nitrogens with zero attached hydrogens (tertiary/aromatic N) is 1. The molecule has 3 heteroatoms. The number of hydroxylamine groups is 2. The first kappa shape index (κ1) is 20.9. The number of unbranched alkanes of at least 4 members (excludes halogenated alkanes) is 8. The molecule has 0 spiro atoms. The molecule has 0 radical (unpaired) electrons. The van der Waals surface area contributed by atoms with Crippen LogP contribution in [0.5, 0.6) is 0 Å². The number of hydrogen-bond donors (Lipinski definition) is 2. The van der Waals surface area contributed by atoms with Crippen molar-refractivity contribution in [1.29, 1.82) is 0 Å². The molecule has 3 nitrogen and oxygen atoms in total. The van der Waals surface area contributed by atoms with Crippen LogP contribution in [0.4, 0.5) is 0 Å². The summed E-state index contributed by atoms with van der Waals surface area (Å²) in [5.41, 5.74) is 0. The third kappa shape index (κ3) is 11.1. The van der Waals surface area contributed by atoms with Crippen molar-refractivity contribution in [2.45, 2.75) is 116 Å². The van der Waals surface area contributed by atoms with Gasteiger partial charge in [-0.3, -0.25) is 0 Å². The van der Waals surface area contributed by atoms with Crippen molar-refractivity contribution in [1.82, 2.24) is 10.4 Å². The number of hydrogen-bond acceptors (Lipinski definition) is 3. The minimum absolute atomic E-state index is 0.491. The third-order valence-corrected chi connectivity index (χ3v) is 5.18. The van der Waals surface area contributed by atoms with Crippen molar-refractivity contribution < 1.29 is 5.21 Å². The van der Waals surface area contributed by atoms with Gasteiger partial charge in [-0.2, -0.15) is 5.06 Å². The van der Waals surface area contributed by atoms with Gasteiger partial charge in [-0.1, -0.05) is 78.1 Å². The molecule has 1 aliphatic heterocycles. The molecule has 1 heterocycles. The quantitative estimate of drug-likeness (QED) is 0.413. The molecule has 0 aromatic carbocycles. The Morgan fingerprint density at radius 1 is 0.913 bits per heavy atom. The maximum Gasteiger partial charge on any atom is 0.0392 e. The highest BCUT2D eigenvalue weighted by atomic mass is 16.5. The molecule has 23 heavy (non-hydrogen) atoms. The van der Waals surface area contributed by atoms with Crippen LogP contribution in [0.2, 0.25) is 0 Å². The van der Waals surface area contributed by atoms with E-state index in [1.54, 1.807) is 0 Å². The van der Waals surface area contributed by atoms with Crippen LogP contribution in [-0.4, -0.2) is 35.4 Å². The highest BCUT2D eigenvalue weighted by Crippen LogP contribution is 2.16. The Bertz CT molecular complexity index is 246. The van der Waals surface area contributed by atoms with E-state index >= 15 is 0 Å². The first-order chi connectivity index (χ1) is 11.3. The SMILES string of the molecule is CCCCCCCC(CCCCCCC)NC1CCCN(O)C1. The summed E-state index contributed by atoms with van der Waals surface area (Å²) in [6.07, 6.45) is 18.7. The number of piperidine rings is 1. The Kier molecular flexibility index (Phi) is 13.0. The maximum absolute atomic E-state index is 9.73. The van der Waals surface area contributed by atoms with Gasteiger partial charge in [-0.15, -0.1) is 0 Å². The summed E-state index contributed by atoms with van der Waals surface area (Å²) in [4.78, 5) is 0. The highest BCUT2D eigenvalue weighted by Gasteiger charge is 2.21. The van der Waals surface area contributed by atoms with Crippen LogP contribution in [0, 0.1) is 0 Å². The molecule has 1 saturated heterocycles. The Labute approximate surface area is 145 Å². The van der Waals surface area contributed by atoms with E-state index in [1.165, 1.54) is 88.5 Å². The zero-order valence-electron chi connectivity index (χ0n) is 15.9.